The number of halogens is 1. The van der Waals surface area contributed by atoms with Crippen molar-refractivity contribution in [2.75, 3.05) is 26.2 Å². The molecule has 0 atom stereocenters. The van der Waals surface area contributed by atoms with E-state index < -0.39 is 0 Å². The van der Waals surface area contributed by atoms with Crippen LogP contribution in [0.25, 0.3) is 0 Å². The number of hydrogen-bond donors (Lipinski definition) is 0. The fourth-order valence-corrected chi connectivity index (χ4v) is 4.73. The highest BCUT2D eigenvalue weighted by atomic mass is 35.5. The van der Waals surface area contributed by atoms with Crippen molar-refractivity contribution in [1.29, 1.82) is 0 Å². The maximum Gasteiger partial charge on any atom is 0.255 e. The Bertz CT molecular complexity index is 774. The molecule has 0 bridgehead atoms. The molecule has 142 valence electrons. The van der Waals surface area contributed by atoms with E-state index in [0.29, 0.717) is 16.0 Å². The second kappa shape index (κ2) is 8.04. The van der Waals surface area contributed by atoms with Gasteiger partial charge >= 0.3 is 0 Å². The van der Waals surface area contributed by atoms with E-state index in [-0.39, 0.29) is 5.91 Å². The lowest BCUT2D eigenvalue weighted by Crippen LogP contribution is -2.48. The average Bonchev–Trinajstić information content (AvgIpc) is 2.71. The molecule has 2 saturated heterocycles. The Morgan fingerprint density at radius 2 is 1.44 bits per heavy atom. The molecule has 2 aliphatic rings. The van der Waals surface area contributed by atoms with Crippen LogP contribution in [0.3, 0.4) is 0 Å². The van der Waals surface area contributed by atoms with Crippen molar-refractivity contribution in [2.45, 2.75) is 32.2 Å². The van der Waals surface area contributed by atoms with Crippen molar-refractivity contribution in [3.8, 4) is 0 Å². The first-order chi connectivity index (χ1) is 13.2. The van der Waals surface area contributed by atoms with E-state index >= 15 is 0 Å². The number of nitrogens with zero attached hydrogens (tertiary/aromatic N) is 2. The molecule has 0 N–H and O–H groups in total. The maximum atomic E-state index is 12.8. The molecule has 4 heteroatoms. The Morgan fingerprint density at radius 1 is 0.852 bits per heavy atom. The van der Waals surface area contributed by atoms with Crippen LogP contribution in [0, 0.1) is 5.41 Å². The SMILES string of the molecule is O=C(c1ccccc1Cl)N1CCC2(CCN(Cc3ccccc3)CC2)CC1. The first-order valence-electron chi connectivity index (χ1n) is 9.95. The van der Waals surface area contributed by atoms with Gasteiger partial charge in [-0.05, 0) is 61.9 Å². The average molecular weight is 383 g/mol. The second-order valence-corrected chi connectivity index (χ2v) is 8.44. The van der Waals surface area contributed by atoms with Crippen molar-refractivity contribution < 1.29 is 4.79 Å². The summed E-state index contributed by atoms with van der Waals surface area (Å²) in [4.78, 5) is 17.3. The number of likely N-dealkylation sites (tertiary alicyclic amines) is 2. The minimum absolute atomic E-state index is 0.0805. The van der Waals surface area contributed by atoms with Crippen LogP contribution in [0.4, 0.5) is 0 Å². The third-order valence-corrected chi connectivity index (χ3v) is 6.71. The van der Waals surface area contributed by atoms with Gasteiger partial charge in [-0.15, -0.1) is 0 Å². The third kappa shape index (κ3) is 4.20. The number of piperidine rings is 2. The van der Waals surface area contributed by atoms with Gasteiger partial charge in [0.05, 0.1) is 10.6 Å². The summed E-state index contributed by atoms with van der Waals surface area (Å²) in [6.45, 7) is 5.07. The molecule has 2 aromatic rings. The summed E-state index contributed by atoms with van der Waals surface area (Å²) in [5, 5.41) is 0.553. The lowest BCUT2D eigenvalue weighted by Gasteiger charge is -2.47. The lowest BCUT2D eigenvalue weighted by atomic mass is 9.71. The lowest BCUT2D eigenvalue weighted by molar-refractivity contribution is 0.0285. The molecule has 0 unspecified atom stereocenters. The molecule has 2 aromatic carbocycles. The standard InChI is InChI=1S/C23H27ClN2O/c24-21-9-5-4-8-20(21)22(27)26-16-12-23(13-17-26)10-14-25(15-11-23)18-19-6-2-1-3-7-19/h1-9H,10-18H2. The zero-order valence-corrected chi connectivity index (χ0v) is 16.5. The first kappa shape index (κ1) is 18.5. The Kier molecular flexibility index (Phi) is 5.51. The molecule has 4 rings (SSSR count). The van der Waals surface area contributed by atoms with Gasteiger partial charge in [0.15, 0.2) is 0 Å². The summed E-state index contributed by atoms with van der Waals surface area (Å²) in [7, 11) is 0. The zero-order chi connectivity index (χ0) is 18.7. The number of amides is 1. The smallest absolute Gasteiger partial charge is 0.255 e. The van der Waals surface area contributed by atoms with E-state index in [4.69, 9.17) is 11.6 Å². The minimum Gasteiger partial charge on any atom is -0.339 e. The van der Waals surface area contributed by atoms with Gasteiger partial charge in [0.2, 0.25) is 0 Å². The number of hydrogen-bond acceptors (Lipinski definition) is 2. The van der Waals surface area contributed by atoms with Crippen LogP contribution in [0.5, 0.6) is 0 Å². The summed E-state index contributed by atoms with van der Waals surface area (Å²) in [5.74, 6) is 0.0805. The highest BCUT2D eigenvalue weighted by Crippen LogP contribution is 2.41. The first-order valence-corrected chi connectivity index (χ1v) is 10.3. The van der Waals surface area contributed by atoms with Gasteiger partial charge in [0, 0.05) is 19.6 Å². The summed E-state index contributed by atoms with van der Waals surface area (Å²) in [6, 6.07) is 18.1. The molecule has 2 fully saturated rings. The zero-order valence-electron chi connectivity index (χ0n) is 15.7. The fraction of sp³-hybridized carbons (Fsp3) is 0.435. The molecular weight excluding hydrogens is 356 g/mol. The summed E-state index contributed by atoms with van der Waals surface area (Å²) in [6.07, 6.45) is 4.71. The Labute approximate surface area is 166 Å². The van der Waals surface area contributed by atoms with Crippen LogP contribution in [0.15, 0.2) is 54.6 Å². The van der Waals surface area contributed by atoms with Crippen molar-refractivity contribution in [1.82, 2.24) is 9.80 Å². The normalized spacial score (nSPS) is 20.0. The van der Waals surface area contributed by atoms with Gasteiger partial charge in [-0.25, -0.2) is 0 Å². The molecule has 1 amide bonds. The second-order valence-electron chi connectivity index (χ2n) is 8.03. The van der Waals surface area contributed by atoms with E-state index in [2.05, 4.69) is 35.2 Å². The molecule has 3 nitrogen and oxygen atoms in total. The molecular formula is C23H27ClN2O. The highest BCUT2D eigenvalue weighted by Gasteiger charge is 2.38. The van der Waals surface area contributed by atoms with Crippen molar-refractivity contribution in [2.24, 2.45) is 5.41 Å². The van der Waals surface area contributed by atoms with Crippen LogP contribution in [0.2, 0.25) is 5.02 Å². The summed E-state index contributed by atoms with van der Waals surface area (Å²) < 4.78 is 0. The quantitative estimate of drug-likeness (QED) is 0.756. The van der Waals surface area contributed by atoms with Gasteiger partial charge in [-0.3, -0.25) is 9.69 Å². The van der Waals surface area contributed by atoms with E-state index in [0.717, 1.165) is 45.6 Å². The van der Waals surface area contributed by atoms with E-state index in [1.165, 1.54) is 18.4 Å². The molecule has 0 saturated carbocycles. The van der Waals surface area contributed by atoms with Crippen molar-refractivity contribution >= 4 is 17.5 Å². The van der Waals surface area contributed by atoms with Crippen molar-refractivity contribution in [3.63, 3.8) is 0 Å². The van der Waals surface area contributed by atoms with Crippen LogP contribution in [0.1, 0.15) is 41.6 Å². The van der Waals surface area contributed by atoms with Crippen LogP contribution in [-0.4, -0.2) is 41.9 Å². The van der Waals surface area contributed by atoms with E-state index in [1.807, 2.05) is 23.1 Å². The van der Waals surface area contributed by atoms with Gasteiger partial charge in [0.1, 0.15) is 0 Å². The molecule has 27 heavy (non-hydrogen) atoms. The molecule has 0 aliphatic carbocycles. The third-order valence-electron chi connectivity index (χ3n) is 6.38. The predicted molar refractivity (Wildman–Crippen MR) is 110 cm³/mol. The van der Waals surface area contributed by atoms with Crippen molar-refractivity contribution in [3.05, 3.63) is 70.7 Å². The minimum atomic E-state index is 0.0805. The van der Waals surface area contributed by atoms with Gasteiger partial charge in [-0.1, -0.05) is 54.1 Å². The number of rotatable bonds is 3. The molecule has 2 heterocycles. The Morgan fingerprint density at radius 3 is 2.11 bits per heavy atom. The summed E-state index contributed by atoms with van der Waals surface area (Å²) in [5.41, 5.74) is 2.45. The largest absolute Gasteiger partial charge is 0.339 e. The summed E-state index contributed by atoms with van der Waals surface area (Å²) >= 11 is 6.21. The molecule has 0 radical (unpaired) electrons. The van der Waals surface area contributed by atoms with E-state index in [9.17, 15) is 4.79 Å². The number of carbonyl (C=O) groups is 1. The van der Waals surface area contributed by atoms with Crippen LogP contribution in [-0.2, 0) is 6.54 Å². The van der Waals surface area contributed by atoms with Gasteiger partial charge in [0.25, 0.3) is 5.91 Å². The number of carbonyl (C=O) groups excluding carboxylic acids is 1. The monoisotopic (exact) mass is 382 g/mol. The molecule has 1 spiro atoms. The highest BCUT2D eigenvalue weighted by molar-refractivity contribution is 6.33. The topological polar surface area (TPSA) is 23.6 Å². The van der Waals surface area contributed by atoms with E-state index in [1.54, 1.807) is 6.07 Å². The predicted octanol–water partition coefficient (Wildman–Crippen LogP) is 4.86. The Hall–Kier alpha value is -1.84. The van der Waals surface area contributed by atoms with Gasteiger partial charge in [-0.2, -0.15) is 0 Å². The van der Waals surface area contributed by atoms with Crippen LogP contribution < -0.4 is 0 Å². The Balaban J connectivity index is 1.31. The molecule has 2 aliphatic heterocycles. The van der Waals surface area contributed by atoms with Gasteiger partial charge < -0.3 is 4.90 Å². The fourth-order valence-electron chi connectivity index (χ4n) is 4.52. The maximum absolute atomic E-state index is 12.8. The number of benzene rings is 2. The van der Waals surface area contributed by atoms with Crippen LogP contribution >= 0.6 is 11.6 Å². The molecule has 0 aromatic heterocycles.